The standard InChI is InChI=1S/C19H22Cl2N2O3S/c1-5-17(19(24)22-14-8-9-15(20)16(21)11-14)23(27(4,25)26)18-10-12(2)6-7-13(18)3/h6-11,17H,5H2,1-4H3,(H,22,24)/t17-/m0/s1. The molecule has 0 aliphatic rings. The number of amides is 1. The molecule has 0 heterocycles. The van der Waals surface area contributed by atoms with Crippen LogP contribution in [0.3, 0.4) is 0 Å². The van der Waals surface area contributed by atoms with E-state index >= 15 is 0 Å². The molecule has 0 saturated carbocycles. The van der Waals surface area contributed by atoms with Crippen molar-refractivity contribution in [2.24, 2.45) is 0 Å². The van der Waals surface area contributed by atoms with Crippen molar-refractivity contribution < 1.29 is 13.2 Å². The van der Waals surface area contributed by atoms with E-state index < -0.39 is 22.0 Å². The minimum Gasteiger partial charge on any atom is -0.324 e. The molecule has 146 valence electrons. The van der Waals surface area contributed by atoms with Gasteiger partial charge in [-0.15, -0.1) is 0 Å². The Balaban J connectivity index is 2.44. The van der Waals surface area contributed by atoms with E-state index in [0.717, 1.165) is 17.4 Å². The molecule has 0 saturated heterocycles. The number of carbonyl (C=O) groups excluding carboxylic acids is 1. The molecule has 5 nitrogen and oxygen atoms in total. The highest BCUT2D eigenvalue weighted by Crippen LogP contribution is 2.29. The third-order valence-electron chi connectivity index (χ3n) is 4.12. The van der Waals surface area contributed by atoms with Crippen LogP contribution in [-0.4, -0.2) is 26.6 Å². The van der Waals surface area contributed by atoms with Crippen LogP contribution in [-0.2, 0) is 14.8 Å². The number of nitrogens with zero attached hydrogens (tertiary/aromatic N) is 1. The molecule has 27 heavy (non-hydrogen) atoms. The van der Waals surface area contributed by atoms with Gasteiger partial charge in [-0.25, -0.2) is 8.42 Å². The molecule has 0 aromatic heterocycles. The summed E-state index contributed by atoms with van der Waals surface area (Å²) in [4.78, 5) is 12.9. The van der Waals surface area contributed by atoms with Gasteiger partial charge in [-0.1, -0.05) is 42.3 Å². The first-order valence-electron chi connectivity index (χ1n) is 8.37. The second-order valence-electron chi connectivity index (χ2n) is 6.39. The Morgan fingerprint density at radius 1 is 1.11 bits per heavy atom. The van der Waals surface area contributed by atoms with E-state index in [2.05, 4.69) is 5.32 Å². The van der Waals surface area contributed by atoms with Crippen LogP contribution in [0.5, 0.6) is 0 Å². The monoisotopic (exact) mass is 428 g/mol. The van der Waals surface area contributed by atoms with Crippen LogP contribution in [0.1, 0.15) is 24.5 Å². The predicted molar refractivity (Wildman–Crippen MR) is 112 cm³/mol. The average Bonchev–Trinajstić information content (AvgIpc) is 2.57. The van der Waals surface area contributed by atoms with Crippen molar-refractivity contribution in [2.45, 2.75) is 33.2 Å². The Morgan fingerprint density at radius 2 is 1.78 bits per heavy atom. The first-order valence-corrected chi connectivity index (χ1v) is 11.0. The fraction of sp³-hybridized carbons (Fsp3) is 0.316. The van der Waals surface area contributed by atoms with Crippen LogP contribution >= 0.6 is 23.2 Å². The lowest BCUT2D eigenvalue weighted by molar-refractivity contribution is -0.117. The molecule has 0 aliphatic heterocycles. The lowest BCUT2D eigenvalue weighted by atomic mass is 10.1. The largest absolute Gasteiger partial charge is 0.324 e. The Labute approximate surface area is 170 Å². The molecule has 1 N–H and O–H groups in total. The van der Waals surface area contributed by atoms with Gasteiger partial charge in [0.1, 0.15) is 6.04 Å². The van der Waals surface area contributed by atoms with Crippen LogP contribution < -0.4 is 9.62 Å². The molecule has 1 amide bonds. The van der Waals surface area contributed by atoms with E-state index in [0.29, 0.717) is 27.8 Å². The number of nitrogens with one attached hydrogen (secondary N) is 1. The Hall–Kier alpha value is -1.76. The fourth-order valence-electron chi connectivity index (χ4n) is 2.79. The number of carbonyl (C=O) groups is 1. The maximum atomic E-state index is 12.9. The van der Waals surface area contributed by atoms with E-state index in [1.54, 1.807) is 25.1 Å². The molecule has 0 unspecified atom stereocenters. The third kappa shape index (κ3) is 5.15. The first kappa shape index (κ1) is 21.5. The first-order chi connectivity index (χ1) is 12.5. The SMILES string of the molecule is CC[C@@H](C(=O)Nc1ccc(Cl)c(Cl)c1)N(c1cc(C)ccc1C)S(C)(=O)=O. The van der Waals surface area contributed by atoms with Gasteiger partial charge in [-0.05, 0) is 55.7 Å². The van der Waals surface area contributed by atoms with Crippen molar-refractivity contribution in [3.8, 4) is 0 Å². The number of hydrogen-bond donors (Lipinski definition) is 1. The van der Waals surface area contributed by atoms with Crippen LogP contribution in [0.2, 0.25) is 10.0 Å². The van der Waals surface area contributed by atoms with Gasteiger partial charge in [-0.2, -0.15) is 0 Å². The molecule has 8 heteroatoms. The van der Waals surface area contributed by atoms with Crippen LogP contribution in [0.4, 0.5) is 11.4 Å². The molecule has 0 spiro atoms. The van der Waals surface area contributed by atoms with Crippen molar-refractivity contribution in [2.75, 3.05) is 15.9 Å². The number of rotatable bonds is 6. The van der Waals surface area contributed by atoms with Gasteiger partial charge in [0.05, 0.1) is 22.0 Å². The molecular weight excluding hydrogens is 407 g/mol. The summed E-state index contributed by atoms with van der Waals surface area (Å²) < 4.78 is 26.3. The lowest BCUT2D eigenvalue weighted by Crippen LogP contribution is -2.47. The predicted octanol–water partition coefficient (Wildman–Crippen LogP) is 4.79. The van der Waals surface area contributed by atoms with Gasteiger partial charge < -0.3 is 5.32 Å². The molecule has 2 aromatic rings. The molecule has 1 atom stereocenters. The van der Waals surface area contributed by atoms with E-state index in [4.69, 9.17) is 23.2 Å². The summed E-state index contributed by atoms with van der Waals surface area (Å²) in [7, 11) is -3.70. The maximum absolute atomic E-state index is 12.9. The van der Waals surface area contributed by atoms with Crippen molar-refractivity contribution in [3.63, 3.8) is 0 Å². The number of anilines is 2. The number of aryl methyl sites for hydroxylation is 2. The van der Waals surface area contributed by atoms with Gasteiger partial charge in [0.25, 0.3) is 0 Å². The molecule has 0 bridgehead atoms. The van der Waals surface area contributed by atoms with E-state index in [-0.39, 0.29) is 0 Å². The third-order valence-corrected chi connectivity index (χ3v) is 6.02. The second kappa shape index (κ2) is 8.50. The second-order valence-corrected chi connectivity index (χ2v) is 9.06. The molecule has 0 aliphatic carbocycles. The smallest absolute Gasteiger partial charge is 0.248 e. The molecule has 2 aromatic carbocycles. The quantitative estimate of drug-likeness (QED) is 0.718. The Morgan fingerprint density at radius 3 is 2.33 bits per heavy atom. The summed E-state index contributed by atoms with van der Waals surface area (Å²) in [6, 6.07) is 9.31. The van der Waals surface area contributed by atoms with E-state index in [1.807, 2.05) is 26.0 Å². The Kier molecular flexibility index (Phi) is 6.78. The highest BCUT2D eigenvalue weighted by molar-refractivity contribution is 7.92. The van der Waals surface area contributed by atoms with Crippen LogP contribution in [0.25, 0.3) is 0 Å². The number of halogens is 2. The number of hydrogen-bond acceptors (Lipinski definition) is 3. The average molecular weight is 429 g/mol. The summed E-state index contributed by atoms with van der Waals surface area (Å²) in [6.07, 6.45) is 1.40. The summed E-state index contributed by atoms with van der Waals surface area (Å²) in [6.45, 7) is 5.46. The summed E-state index contributed by atoms with van der Waals surface area (Å²) >= 11 is 11.9. The topological polar surface area (TPSA) is 66.5 Å². The Bertz CT molecular complexity index is 961. The highest BCUT2D eigenvalue weighted by Gasteiger charge is 2.32. The summed E-state index contributed by atoms with van der Waals surface area (Å²) in [5, 5.41) is 3.40. The highest BCUT2D eigenvalue weighted by atomic mass is 35.5. The van der Waals surface area contributed by atoms with Crippen molar-refractivity contribution >= 4 is 50.5 Å². The number of benzene rings is 2. The maximum Gasteiger partial charge on any atom is 0.248 e. The molecule has 2 rings (SSSR count). The van der Waals surface area contributed by atoms with E-state index in [1.165, 1.54) is 10.4 Å². The van der Waals surface area contributed by atoms with Gasteiger partial charge in [0.15, 0.2) is 0 Å². The van der Waals surface area contributed by atoms with Crippen molar-refractivity contribution in [1.82, 2.24) is 0 Å². The van der Waals surface area contributed by atoms with Crippen LogP contribution in [0.15, 0.2) is 36.4 Å². The lowest BCUT2D eigenvalue weighted by Gasteiger charge is -2.31. The van der Waals surface area contributed by atoms with Crippen molar-refractivity contribution in [1.29, 1.82) is 0 Å². The molecule has 0 fully saturated rings. The fourth-order valence-corrected chi connectivity index (χ4v) is 4.35. The van der Waals surface area contributed by atoms with Gasteiger partial charge in [0.2, 0.25) is 15.9 Å². The van der Waals surface area contributed by atoms with Gasteiger partial charge >= 0.3 is 0 Å². The normalized spacial score (nSPS) is 12.5. The molecule has 0 radical (unpaired) electrons. The van der Waals surface area contributed by atoms with E-state index in [9.17, 15) is 13.2 Å². The minimum atomic E-state index is -3.70. The molecular formula is C19H22Cl2N2O3S. The zero-order valence-electron chi connectivity index (χ0n) is 15.6. The van der Waals surface area contributed by atoms with Crippen molar-refractivity contribution in [3.05, 3.63) is 57.6 Å². The summed E-state index contributed by atoms with van der Waals surface area (Å²) in [5.41, 5.74) is 2.62. The number of sulfonamides is 1. The minimum absolute atomic E-state index is 0.299. The van der Waals surface area contributed by atoms with Gasteiger partial charge in [0, 0.05) is 5.69 Å². The van der Waals surface area contributed by atoms with Crippen LogP contribution in [0, 0.1) is 13.8 Å². The zero-order valence-corrected chi connectivity index (χ0v) is 17.9. The zero-order chi connectivity index (χ0) is 20.4. The summed E-state index contributed by atoms with van der Waals surface area (Å²) in [5.74, 6) is -0.442. The van der Waals surface area contributed by atoms with Gasteiger partial charge in [-0.3, -0.25) is 9.10 Å².